The maximum atomic E-state index is 15.9. The summed E-state index contributed by atoms with van der Waals surface area (Å²) in [5.74, 6) is -2.93. The van der Waals surface area contributed by atoms with Crippen molar-refractivity contribution in [1.29, 1.82) is 0 Å². The average molecular weight is 403 g/mol. The Kier molecular flexibility index (Phi) is 4.00. The van der Waals surface area contributed by atoms with E-state index in [0.717, 1.165) is 25.7 Å². The molecule has 2 saturated heterocycles. The minimum absolute atomic E-state index is 0.00757. The Morgan fingerprint density at radius 1 is 1.10 bits per heavy atom. The number of aromatic carboxylic acids is 1. The first-order chi connectivity index (χ1) is 13.8. The largest absolute Gasteiger partial charge is 0.477 e. The van der Waals surface area contributed by atoms with E-state index in [1.165, 1.54) is 17.7 Å². The van der Waals surface area contributed by atoms with Gasteiger partial charge in [0, 0.05) is 35.9 Å². The lowest BCUT2D eigenvalue weighted by Crippen LogP contribution is -2.48. The molecule has 0 amide bonds. The summed E-state index contributed by atoms with van der Waals surface area (Å²) in [7, 11) is 0. The van der Waals surface area contributed by atoms with Gasteiger partial charge in [-0.1, -0.05) is 0 Å². The van der Waals surface area contributed by atoms with Gasteiger partial charge < -0.3 is 20.3 Å². The smallest absolute Gasteiger partial charge is 0.341 e. The summed E-state index contributed by atoms with van der Waals surface area (Å²) in [6, 6.07) is -0.0953. The zero-order valence-corrected chi connectivity index (χ0v) is 16.1. The highest BCUT2D eigenvalue weighted by molar-refractivity contribution is 5.95. The fourth-order valence-corrected chi connectivity index (χ4v) is 5.30. The normalized spacial score (nSPS) is 26.3. The first-order valence-electron chi connectivity index (χ1n) is 10.1. The molecule has 8 heteroatoms. The van der Waals surface area contributed by atoms with Crippen molar-refractivity contribution >= 4 is 22.6 Å². The molecule has 3 aliphatic rings. The van der Waals surface area contributed by atoms with Crippen LogP contribution in [0.3, 0.4) is 0 Å². The van der Waals surface area contributed by atoms with Gasteiger partial charge in [-0.2, -0.15) is 0 Å². The summed E-state index contributed by atoms with van der Waals surface area (Å²) in [5.41, 5.74) is 4.76. The lowest BCUT2D eigenvalue weighted by Gasteiger charge is -2.40. The summed E-state index contributed by atoms with van der Waals surface area (Å²) >= 11 is 0. The number of aromatic nitrogens is 1. The van der Waals surface area contributed by atoms with Crippen LogP contribution in [0.15, 0.2) is 11.0 Å². The first kappa shape index (κ1) is 18.5. The van der Waals surface area contributed by atoms with Gasteiger partial charge in [-0.15, -0.1) is 0 Å². The van der Waals surface area contributed by atoms with Gasteiger partial charge in [0.25, 0.3) is 0 Å². The van der Waals surface area contributed by atoms with Gasteiger partial charge in [0.1, 0.15) is 11.3 Å². The number of carboxylic acids is 1. The number of carboxylic acid groups (broad SMARTS) is 1. The number of halogens is 2. The standard InChI is InChI=1S/C21H23F2N3O3/c1-9-15-18(25(11-2-3-11)8-14(20(15)27)21(28)29)17(23)19(16(9)22)26-12-4-5-13(26)7-10(24)6-12/h8,10-13H,2-7,24H2,1H3,(H,28,29). The second-order valence-corrected chi connectivity index (χ2v) is 8.66. The van der Waals surface area contributed by atoms with Gasteiger partial charge in [0.05, 0.1) is 10.9 Å². The number of nitrogens with two attached hydrogens (primary N) is 1. The Morgan fingerprint density at radius 3 is 2.24 bits per heavy atom. The average Bonchev–Trinajstić information content (AvgIpc) is 3.46. The highest BCUT2D eigenvalue weighted by Gasteiger charge is 2.43. The van der Waals surface area contributed by atoms with Crippen molar-refractivity contribution < 1.29 is 18.7 Å². The molecule has 3 heterocycles. The van der Waals surface area contributed by atoms with E-state index in [2.05, 4.69) is 0 Å². The van der Waals surface area contributed by atoms with Crippen LogP contribution in [0.2, 0.25) is 0 Å². The van der Waals surface area contributed by atoms with E-state index in [1.54, 1.807) is 0 Å². The van der Waals surface area contributed by atoms with E-state index in [-0.39, 0.29) is 46.3 Å². The van der Waals surface area contributed by atoms with Crippen molar-refractivity contribution in [2.24, 2.45) is 5.73 Å². The lowest BCUT2D eigenvalue weighted by molar-refractivity contribution is 0.0695. The molecule has 154 valence electrons. The monoisotopic (exact) mass is 403 g/mol. The van der Waals surface area contributed by atoms with Crippen molar-refractivity contribution in [3.8, 4) is 0 Å². The van der Waals surface area contributed by atoms with Crippen molar-refractivity contribution in [2.75, 3.05) is 4.90 Å². The molecule has 2 unspecified atom stereocenters. The first-order valence-corrected chi connectivity index (χ1v) is 10.1. The van der Waals surface area contributed by atoms with Crippen LogP contribution >= 0.6 is 0 Å². The minimum atomic E-state index is -1.39. The van der Waals surface area contributed by atoms with Gasteiger partial charge in [-0.25, -0.2) is 13.6 Å². The van der Waals surface area contributed by atoms with Crippen molar-refractivity contribution in [3.63, 3.8) is 0 Å². The number of rotatable bonds is 3. The second kappa shape index (κ2) is 6.26. The number of piperidine rings is 1. The minimum Gasteiger partial charge on any atom is -0.477 e. The topological polar surface area (TPSA) is 88.6 Å². The van der Waals surface area contributed by atoms with Gasteiger partial charge >= 0.3 is 5.97 Å². The lowest BCUT2D eigenvalue weighted by atomic mass is 9.95. The maximum absolute atomic E-state index is 15.9. The summed E-state index contributed by atoms with van der Waals surface area (Å²) in [6.07, 6.45) is 5.79. The molecular weight excluding hydrogens is 380 g/mol. The van der Waals surface area contributed by atoms with Crippen LogP contribution in [0.25, 0.3) is 10.9 Å². The molecule has 2 aromatic rings. The Bertz CT molecular complexity index is 1100. The number of pyridine rings is 1. The molecule has 5 rings (SSSR count). The SMILES string of the molecule is Cc1c(F)c(N2C3CCC2CC(N)C3)c(F)c2c1c(=O)c(C(=O)O)cn2C1CC1. The summed E-state index contributed by atoms with van der Waals surface area (Å²) in [6.45, 7) is 1.43. The fraction of sp³-hybridized carbons (Fsp3) is 0.524. The van der Waals surface area contributed by atoms with Gasteiger partial charge in [-0.05, 0) is 45.4 Å². The van der Waals surface area contributed by atoms with Crippen LogP contribution < -0.4 is 16.1 Å². The highest BCUT2D eigenvalue weighted by Crippen LogP contribution is 2.45. The van der Waals surface area contributed by atoms with E-state index in [1.807, 2.05) is 4.90 Å². The third kappa shape index (κ3) is 2.61. The molecule has 2 bridgehead atoms. The Morgan fingerprint density at radius 2 is 1.69 bits per heavy atom. The molecule has 2 atom stereocenters. The molecule has 1 saturated carbocycles. The van der Waals surface area contributed by atoms with Crippen LogP contribution in [0.1, 0.15) is 60.5 Å². The maximum Gasteiger partial charge on any atom is 0.341 e. The van der Waals surface area contributed by atoms with Gasteiger partial charge in [0.2, 0.25) is 5.43 Å². The van der Waals surface area contributed by atoms with E-state index in [0.29, 0.717) is 12.8 Å². The Labute approximate surface area is 165 Å². The van der Waals surface area contributed by atoms with Crippen LogP contribution in [-0.4, -0.2) is 33.8 Å². The van der Waals surface area contributed by atoms with Crippen LogP contribution in [0.5, 0.6) is 0 Å². The van der Waals surface area contributed by atoms with Gasteiger partial charge in [-0.3, -0.25) is 4.79 Å². The van der Waals surface area contributed by atoms with Crippen LogP contribution in [0.4, 0.5) is 14.5 Å². The third-order valence-corrected chi connectivity index (χ3v) is 6.76. The highest BCUT2D eigenvalue weighted by atomic mass is 19.1. The second-order valence-electron chi connectivity index (χ2n) is 8.66. The number of nitrogens with zero attached hydrogens (tertiary/aromatic N) is 2. The number of fused-ring (bicyclic) bond motifs is 3. The predicted octanol–water partition coefficient (Wildman–Crippen LogP) is 3.08. The number of anilines is 1. The number of hydrogen-bond acceptors (Lipinski definition) is 4. The molecular formula is C21H23F2N3O3. The molecule has 0 radical (unpaired) electrons. The molecule has 1 aliphatic carbocycles. The molecule has 3 N–H and O–H groups in total. The molecule has 29 heavy (non-hydrogen) atoms. The van der Waals surface area contributed by atoms with Crippen molar-refractivity contribution in [1.82, 2.24) is 4.57 Å². The molecule has 1 aromatic carbocycles. The fourth-order valence-electron chi connectivity index (χ4n) is 5.30. The van der Waals surface area contributed by atoms with Crippen molar-refractivity contribution in [3.05, 3.63) is 39.2 Å². The summed E-state index contributed by atoms with van der Waals surface area (Å²) in [4.78, 5) is 26.2. The molecule has 6 nitrogen and oxygen atoms in total. The molecule has 0 spiro atoms. The summed E-state index contributed by atoms with van der Waals surface area (Å²) < 4.78 is 32.9. The van der Waals surface area contributed by atoms with E-state index < -0.39 is 28.6 Å². The van der Waals surface area contributed by atoms with Crippen LogP contribution in [-0.2, 0) is 0 Å². The number of aryl methyl sites for hydroxylation is 1. The zero-order valence-electron chi connectivity index (χ0n) is 16.1. The van der Waals surface area contributed by atoms with E-state index >= 15 is 8.78 Å². The Balaban J connectivity index is 1.82. The van der Waals surface area contributed by atoms with E-state index in [4.69, 9.17) is 5.73 Å². The van der Waals surface area contributed by atoms with Gasteiger partial charge in [0.15, 0.2) is 11.6 Å². The molecule has 3 fully saturated rings. The zero-order chi connectivity index (χ0) is 20.6. The van der Waals surface area contributed by atoms with Crippen LogP contribution in [0, 0.1) is 18.6 Å². The van der Waals surface area contributed by atoms with Crippen molar-refractivity contribution in [2.45, 2.75) is 69.6 Å². The number of hydrogen-bond donors (Lipinski definition) is 2. The Hall–Kier alpha value is -2.48. The molecule has 2 aliphatic heterocycles. The number of benzene rings is 1. The summed E-state index contributed by atoms with van der Waals surface area (Å²) in [5, 5.41) is 9.25. The molecule has 1 aromatic heterocycles. The van der Waals surface area contributed by atoms with E-state index in [9.17, 15) is 14.7 Å². The predicted molar refractivity (Wildman–Crippen MR) is 105 cm³/mol. The third-order valence-electron chi connectivity index (χ3n) is 6.76. The number of carbonyl (C=O) groups is 1. The quantitative estimate of drug-likeness (QED) is 0.822.